The van der Waals surface area contributed by atoms with Gasteiger partial charge >= 0.3 is 6.18 Å². The van der Waals surface area contributed by atoms with E-state index in [1.807, 2.05) is 13.8 Å². The normalized spacial score (nSPS) is 12.7. The van der Waals surface area contributed by atoms with Crippen LogP contribution in [0.3, 0.4) is 0 Å². The molecule has 0 amide bonds. The molecule has 1 aromatic carbocycles. The monoisotopic (exact) mass is 223 g/mol. The van der Waals surface area contributed by atoms with E-state index in [-0.39, 0.29) is 0 Å². The van der Waals surface area contributed by atoms with Crippen molar-refractivity contribution in [3.8, 4) is 0 Å². The van der Waals surface area contributed by atoms with Crippen molar-refractivity contribution in [1.82, 2.24) is 0 Å². The Morgan fingerprint density at radius 3 is 2.00 bits per heavy atom. The van der Waals surface area contributed by atoms with Crippen LogP contribution in [0.2, 0.25) is 0 Å². The maximum absolute atomic E-state index is 12.8. The second-order valence-corrected chi connectivity index (χ2v) is 2.54. The average Bonchev–Trinajstić information content (AvgIpc) is 2.19. The van der Waals surface area contributed by atoms with Crippen LogP contribution in [0.5, 0.6) is 0 Å². The number of benzene rings is 1. The highest BCUT2D eigenvalue weighted by Crippen LogP contribution is 2.31. The van der Waals surface area contributed by atoms with E-state index in [0.29, 0.717) is 0 Å². The Labute approximate surface area is 85.9 Å². The lowest BCUT2D eigenvalue weighted by atomic mass is 10.1. The zero-order chi connectivity index (χ0) is 12.1. The molecule has 0 saturated carbocycles. The van der Waals surface area contributed by atoms with Crippen LogP contribution in [0, 0.1) is 5.82 Å². The fraction of sp³-hybridized carbons (Fsp3) is 0.400. The first-order valence-corrected chi connectivity index (χ1v) is 4.49. The summed E-state index contributed by atoms with van der Waals surface area (Å²) in [5, 5.41) is 0. The third-order valence-corrected chi connectivity index (χ3v) is 1.59. The van der Waals surface area contributed by atoms with E-state index in [2.05, 4.69) is 0 Å². The number of hydrogen-bond acceptors (Lipinski definition) is 1. The largest absolute Gasteiger partial charge is 0.407 e. The van der Waals surface area contributed by atoms with Crippen LogP contribution in [-0.4, -0.2) is 6.18 Å². The third kappa shape index (κ3) is 3.87. The molecule has 1 nitrogen and oxygen atoms in total. The summed E-state index contributed by atoms with van der Waals surface area (Å²) in [4.78, 5) is 0. The highest BCUT2D eigenvalue weighted by Gasteiger charge is 2.39. The minimum absolute atomic E-state index is 0.532. The molecule has 0 aliphatic rings. The molecule has 5 heteroatoms. The summed E-state index contributed by atoms with van der Waals surface area (Å²) in [5.74, 6) is -0.938. The fourth-order valence-electron chi connectivity index (χ4n) is 0.904. The van der Waals surface area contributed by atoms with E-state index >= 15 is 0 Å². The van der Waals surface area contributed by atoms with Crippen molar-refractivity contribution in [3.63, 3.8) is 0 Å². The Hall–Kier alpha value is -1.10. The minimum atomic E-state index is -4.61. The first kappa shape index (κ1) is 13.9. The van der Waals surface area contributed by atoms with Gasteiger partial charge in [-0.25, -0.2) is 4.39 Å². The molecule has 1 unspecified atom stereocenters. The summed E-state index contributed by atoms with van der Waals surface area (Å²) in [6, 6.07) is 2.33. The van der Waals surface area contributed by atoms with E-state index in [1.165, 1.54) is 12.1 Å². The lowest BCUT2D eigenvalue weighted by molar-refractivity contribution is -0.149. The van der Waals surface area contributed by atoms with Gasteiger partial charge in [-0.1, -0.05) is 32.0 Å². The lowest BCUT2D eigenvalue weighted by Crippen LogP contribution is -2.29. The van der Waals surface area contributed by atoms with Gasteiger partial charge in [-0.15, -0.1) is 0 Å². The van der Waals surface area contributed by atoms with Crippen LogP contribution < -0.4 is 5.73 Å². The molecule has 0 bridgehead atoms. The van der Waals surface area contributed by atoms with E-state index in [9.17, 15) is 17.6 Å². The third-order valence-electron chi connectivity index (χ3n) is 1.59. The molecule has 0 heterocycles. The molecule has 1 rings (SSSR count). The van der Waals surface area contributed by atoms with Crippen molar-refractivity contribution in [3.05, 3.63) is 35.6 Å². The quantitative estimate of drug-likeness (QED) is 0.725. The molecule has 1 aromatic rings. The van der Waals surface area contributed by atoms with Gasteiger partial charge in [-0.2, -0.15) is 13.2 Å². The van der Waals surface area contributed by atoms with Gasteiger partial charge in [0.15, 0.2) is 0 Å². The second-order valence-electron chi connectivity index (χ2n) is 2.54. The molecule has 0 spiro atoms. The van der Waals surface area contributed by atoms with Crippen LogP contribution in [0.4, 0.5) is 17.6 Å². The molecular weight excluding hydrogens is 210 g/mol. The van der Waals surface area contributed by atoms with Crippen molar-refractivity contribution in [2.24, 2.45) is 5.73 Å². The number of alkyl halides is 3. The smallest absolute Gasteiger partial charge is 0.316 e. The van der Waals surface area contributed by atoms with Crippen LogP contribution in [0.15, 0.2) is 24.3 Å². The molecule has 15 heavy (non-hydrogen) atoms. The Balaban J connectivity index is 0.000000921. The van der Waals surface area contributed by atoms with Crippen molar-refractivity contribution in [2.75, 3.05) is 0 Å². The van der Waals surface area contributed by atoms with E-state index in [4.69, 9.17) is 5.73 Å². The predicted octanol–water partition coefficient (Wildman–Crippen LogP) is 3.41. The van der Waals surface area contributed by atoms with Crippen molar-refractivity contribution in [2.45, 2.75) is 26.1 Å². The summed E-state index contributed by atoms with van der Waals surface area (Å²) >= 11 is 0. The maximum atomic E-state index is 12.8. The van der Waals surface area contributed by atoms with Crippen molar-refractivity contribution >= 4 is 0 Å². The van der Waals surface area contributed by atoms with Gasteiger partial charge in [0, 0.05) is 5.56 Å². The Kier molecular flexibility index (Phi) is 5.28. The Bertz CT molecular complexity index is 296. The highest BCUT2D eigenvalue weighted by atomic mass is 19.4. The summed E-state index contributed by atoms with van der Waals surface area (Å²) in [6.07, 6.45) is -4.61. The molecule has 1 atom stereocenters. The molecule has 0 radical (unpaired) electrons. The SMILES string of the molecule is CC.NC(c1ccccc1F)C(F)(F)F. The van der Waals surface area contributed by atoms with Crippen LogP contribution >= 0.6 is 0 Å². The summed E-state index contributed by atoms with van der Waals surface area (Å²) in [6.45, 7) is 4.00. The summed E-state index contributed by atoms with van der Waals surface area (Å²) < 4.78 is 48.9. The zero-order valence-electron chi connectivity index (χ0n) is 8.48. The number of nitrogens with two attached hydrogens (primary N) is 1. The topological polar surface area (TPSA) is 26.0 Å². The fourth-order valence-corrected chi connectivity index (χ4v) is 0.904. The Morgan fingerprint density at radius 1 is 1.13 bits per heavy atom. The molecule has 2 N–H and O–H groups in total. The van der Waals surface area contributed by atoms with Gasteiger partial charge in [0.25, 0.3) is 0 Å². The molecule has 0 saturated heterocycles. The molecule has 86 valence electrons. The van der Waals surface area contributed by atoms with Crippen LogP contribution in [0.1, 0.15) is 25.5 Å². The highest BCUT2D eigenvalue weighted by molar-refractivity contribution is 5.21. The lowest BCUT2D eigenvalue weighted by Gasteiger charge is -2.15. The van der Waals surface area contributed by atoms with Crippen molar-refractivity contribution in [1.29, 1.82) is 0 Å². The van der Waals surface area contributed by atoms with Gasteiger partial charge in [0.1, 0.15) is 11.9 Å². The molecule has 0 aromatic heterocycles. The second kappa shape index (κ2) is 5.70. The van der Waals surface area contributed by atoms with Gasteiger partial charge in [-0.3, -0.25) is 0 Å². The van der Waals surface area contributed by atoms with Crippen molar-refractivity contribution < 1.29 is 17.6 Å². The van der Waals surface area contributed by atoms with Crippen LogP contribution in [-0.2, 0) is 0 Å². The van der Waals surface area contributed by atoms with Gasteiger partial charge < -0.3 is 5.73 Å². The van der Waals surface area contributed by atoms with E-state index in [0.717, 1.165) is 12.1 Å². The van der Waals surface area contributed by atoms with E-state index < -0.39 is 23.6 Å². The first-order chi connectivity index (χ1) is 6.93. The minimum Gasteiger partial charge on any atom is -0.316 e. The average molecular weight is 223 g/mol. The summed E-state index contributed by atoms with van der Waals surface area (Å²) in [5.41, 5.74) is 4.28. The molecular formula is C10H13F4N. The maximum Gasteiger partial charge on any atom is 0.407 e. The van der Waals surface area contributed by atoms with Gasteiger partial charge in [0.2, 0.25) is 0 Å². The standard InChI is InChI=1S/C8H7F4N.C2H6/c9-6-4-2-1-3-5(6)7(13)8(10,11)12;1-2/h1-4,7H,13H2;1-2H3. The number of halogens is 4. The Morgan fingerprint density at radius 2 is 1.60 bits per heavy atom. The first-order valence-electron chi connectivity index (χ1n) is 4.49. The van der Waals surface area contributed by atoms with Gasteiger partial charge in [0.05, 0.1) is 0 Å². The predicted molar refractivity (Wildman–Crippen MR) is 50.7 cm³/mol. The summed E-state index contributed by atoms with van der Waals surface area (Å²) in [7, 11) is 0. The van der Waals surface area contributed by atoms with Crippen LogP contribution in [0.25, 0.3) is 0 Å². The van der Waals surface area contributed by atoms with E-state index in [1.54, 1.807) is 0 Å². The molecule has 0 aliphatic heterocycles. The molecule has 0 aliphatic carbocycles. The zero-order valence-corrected chi connectivity index (χ0v) is 8.48. The molecule has 0 fully saturated rings. The number of rotatable bonds is 1. The number of hydrogen-bond donors (Lipinski definition) is 1. The van der Waals surface area contributed by atoms with Gasteiger partial charge in [-0.05, 0) is 6.07 Å².